The van der Waals surface area contributed by atoms with Crippen molar-refractivity contribution >= 4 is 0 Å². The summed E-state index contributed by atoms with van der Waals surface area (Å²) < 4.78 is 0. The fraction of sp³-hybridized carbons (Fsp3) is 0.500. The Balaban J connectivity index is 2.67. The van der Waals surface area contributed by atoms with Crippen LogP contribution in [0.4, 0.5) is 0 Å². The van der Waals surface area contributed by atoms with Crippen molar-refractivity contribution in [2.45, 2.75) is 39.7 Å². The van der Waals surface area contributed by atoms with E-state index in [0.29, 0.717) is 0 Å². The van der Waals surface area contributed by atoms with Crippen molar-refractivity contribution < 1.29 is 5.11 Å². The fourth-order valence-corrected chi connectivity index (χ4v) is 1.49. The van der Waals surface area contributed by atoms with Gasteiger partial charge in [0.1, 0.15) is 0 Å². The maximum Gasteiger partial charge on any atom is 0.0515 e. The molecule has 0 saturated carbocycles. The average Bonchev–Trinajstić information content (AvgIpc) is 2.02. The maximum absolute atomic E-state index is 9.16. The van der Waals surface area contributed by atoms with E-state index in [1.165, 1.54) is 16.7 Å². The zero-order valence-corrected chi connectivity index (χ0v) is 8.67. The number of aliphatic hydroxyl groups excluding tert-OH is 1. The van der Waals surface area contributed by atoms with Gasteiger partial charge in [-0.3, -0.25) is 0 Å². The Labute approximate surface area is 80.4 Å². The number of hydrogen-bond donors (Lipinski definition) is 1. The highest BCUT2D eigenvalue weighted by atomic mass is 16.3. The van der Waals surface area contributed by atoms with E-state index in [2.05, 4.69) is 32.0 Å². The molecule has 1 heteroatoms. The Bertz CT molecular complexity index is 276. The molecule has 0 aromatic heterocycles. The topological polar surface area (TPSA) is 20.2 Å². The second-order valence-corrected chi connectivity index (χ2v) is 3.82. The molecule has 0 spiro atoms. The summed E-state index contributed by atoms with van der Waals surface area (Å²) in [6.45, 7) is 6.07. The van der Waals surface area contributed by atoms with E-state index in [0.717, 1.165) is 12.8 Å². The summed E-state index contributed by atoms with van der Waals surface area (Å²) in [7, 11) is 0. The summed E-state index contributed by atoms with van der Waals surface area (Å²) in [6, 6.07) is 6.48. The summed E-state index contributed by atoms with van der Waals surface area (Å²) in [6.07, 6.45) is 1.63. The van der Waals surface area contributed by atoms with Gasteiger partial charge in [0.15, 0.2) is 0 Å². The van der Waals surface area contributed by atoms with Crippen LogP contribution in [0.5, 0.6) is 0 Å². The molecule has 0 amide bonds. The summed E-state index contributed by atoms with van der Waals surface area (Å²) in [4.78, 5) is 0. The first-order valence-electron chi connectivity index (χ1n) is 4.84. The van der Waals surface area contributed by atoms with Gasteiger partial charge in [-0.05, 0) is 44.7 Å². The second-order valence-electron chi connectivity index (χ2n) is 3.82. The molecule has 0 aliphatic heterocycles. The van der Waals surface area contributed by atoms with Crippen LogP contribution in [-0.4, -0.2) is 11.2 Å². The summed E-state index contributed by atoms with van der Waals surface area (Å²) in [5, 5.41) is 9.16. The van der Waals surface area contributed by atoms with Crippen molar-refractivity contribution in [2.75, 3.05) is 0 Å². The predicted molar refractivity (Wildman–Crippen MR) is 55.9 cm³/mol. The van der Waals surface area contributed by atoms with Gasteiger partial charge in [-0.25, -0.2) is 0 Å². The SMILES string of the molecule is Cc1ccc(CCC(C)O)c(C)c1. The molecule has 1 nitrogen and oxygen atoms in total. The molecular weight excluding hydrogens is 160 g/mol. The standard InChI is InChI=1S/C12H18O/c1-9-4-6-12(10(2)8-9)7-5-11(3)13/h4,6,8,11,13H,5,7H2,1-3H3. The average molecular weight is 178 g/mol. The Kier molecular flexibility index (Phi) is 3.49. The number of rotatable bonds is 3. The van der Waals surface area contributed by atoms with E-state index in [1.807, 2.05) is 6.92 Å². The van der Waals surface area contributed by atoms with Crippen LogP contribution < -0.4 is 0 Å². The third-order valence-electron chi connectivity index (χ3n) is 2.33. The molecule has 0 saturated heterocycles. The molecule has 0 heterocycles. The van der Waals surface area contributed by atoms with Crippen LogP contribution in [0.2, 0.25) is 0 Å². The number of hydrogen-bond acceptors (Lipinski definition) is 1. The van der Waals surface area contributed by atoms with Crippen molar-refractivity contribution in [1.29, 1.82) is 0 Å². The van der Waals surface area contributed by atoms with Gasteiger partial charge in [0.2, 0.25) is 0 Å². The van der Waals surface area contributed by atoms with Crippen LogP contribution in [0.15, 0.2) is 18.2 Å². The molecule has 0 fully saturated rings. The zero-order valence-electron chi connectivity index (χ0n) is 8.67. The highest BCUT2D eigenvalue weighted by Crippen LogP contribution is 2.13. The Morgan fingerprint density at radius 3 is 2.54 bits per heavy atom. The van der Waals surface area contributed by atoms with E-state index >= 15 is 0 Å². The third kappa shape index (κ3) is 3.19. The molecule has 1 aromatic carbocycles. The van der Waals surface area contributed by atoms with Crippen molar-refractivity contribution in [3.63, 3.8) is 0 Å². The van der Waals surface area contributed by atoms with Gasteiger partial charge in [-0.2, -0.15) is 0 Å². The van der Waals surface area contributed by atoms with Gasteiger partial charge >= 0.3 is 0 Å². The van der Waals surface area contributed by atoms with Gasteiger partial charge in [0, 0.05) is 0 Å². The molecule has 1 unspecified atom stereocenters. The van der Waals surface area contributed by atoms with Crippen LogP contribution in [0.1, 0.15) is 30.0 Å². The van der Waals surface area contributed by atoms with E-state index in [1.54, 1.807) is 0 Å². The first-order valence-corrected chi connectivity index (χ1v) is 4.84. The van der Waals surface area contributed by atoms with Crippen molar-refractivity contribution in [2.24, 2.45) is 0 Å². The molecule has 0 aliphatic carbocycles. The largest absolute Gasteiger partial charge is 0.393 e. The first-order chi connectivity index (χ1) is 6.09. The minimum atomic E-state index is -0.194. The van der Waals surface area contributed by atoms with Crippen LogP contribution in [0.25, 0.3) is 0 Å². The molecule has 0 radical (unpaired) electrons. The molecule has 1 atom stereocenters. The van der Waals surface area contributed by atoms with Crippen LogP contribution in [-0.2, 0) is 6.42 Å². The Morgan fingerprint density at radius 1 is 1.31 bits per heavy atom. The van der Waals surface area contributed by atoms with Gasteiger partial charge in [0.25, 0.3) is 0 Å². The van der Waals surface area contributed by atoms with E-state index < -0.39 is 0 Å². The molecule has 1 rings (SSSR count). The van der Waals surface area contributed by atoms with Crippen molar-refractivity contribution in [1.82, 2.24) is 0 Å². The lowest BCUT2D eigenvalue weighted by Gasteiger charge is -2.07. The van der Waals surface area contributed by atoms with Crippen LogP contribution in [0, 0.1) is 13.8 Å². The fourth-order valence-electron chi connectivity index (χ4n) is 1.49. The van der Waals surface area contributed by atoms with Gasteiger partial charge in [0.05, 0.1) is 6.10 Å². The molecule has 0 bridgehead atoms. The van der Waals surface area contributed by atoms with E-state index in [4.69, 9.17) is 5.11 Å². The summed E-state index contributed by atoms with van der Waals surface area (Å²) in [5.41, 5.74) is 3.99. The van der Waals surface area contributed by atoms with Gasteiger partial charge in [-0.15, -0.1) is 0 Å². The van der Waals surface area contributed by atoms with Crippen molar-refractivity contribution in [3.8, 4) is 0 Å². The zero-order chi connectivity index (χ0) is 9.84. The normalized spacial score (nSPS) is 12.9. The lowest BCUT2D eigenvalue weighted by molar-refractivity contribution is 0.185. The van der Waals surface area contributed by atoms with E-state index in [9.17, 15) is 0 Å². The third-order valence-corrected chi connectivity index (χ3v) is 2.33. The van der Waals surface area contributed by atoms with E-state index in [-0.39, 0.29) is 6.10 Å². The monoisotopic (exact) mass is 178 g/mol. The Morgan fingerprint density at radius 2 is 2.00 bits per heavy atom. The first kappa shape index (κ1) is 10.3. The molecule has 1 aromatic rings. The molecular formula is C12H18O. The number of benzene rings is 1. The minimum Gasteiger partial charge on any atom is -0.393 e. The van der Waals surface area contributed by atoms with Gasteiger partial charge < -0.3 is 5.11 Å². The predicted octanol–water partition coefficient (Wildman–Crippen LogP) is 2.62. The Hall–Kier alpha value is -0.820. The quantitative estimate of drug-likeness (QED) is 0.754. The van der Waals surface area contributed by atoms with Crippen molar-refractivity contribution in [3.05, 3.63) is 34.9 Å². The summed E-state index contributed by atoms with van der Waals surface area (Å²) in [5.74, 6) is 0. The summed E-state index contributed by atoms with van der Waals surface area (Å²) >= 11 is 0. The molecule has 13 heavy (non-hydrogen) atoms. The minimum absolute atomic E-state index is 0.194. The second kappa shape index (κ2) is 4.43. The smallest absolute Gasteiger partial charge is 0.0515 e. The highest BCUT2D eigenvalue weighted by molar-refractivity contribution is 5.30. The molecule has 0 aliphatic rings. The van der Waals surface area contributed by atoms with Gasteiger partial charge in [-0.1, -0.05) is 23.8 Å². The number of aliphatic hydroxyl groups is 1. The molecule has 72 valence electrons. The lowest BCUT2D eigenvalue weighted by atomic mass is 10.0. The molecule has 1 N–H and O–H groups in total. The number of aryl methyl sites for hydroxylation is 3. The lowest BCUT2D eigenvalue weighted by Crippen LogP contribution is -2.02. The maximum atomic E-state index is 9.16. The highest BCUT2D eigenvalue weighted by Gasteiger charge is 2.00. The van der Waals surface area contributed by atoms with Crippen LogP contribution >= 0.6 is 0 Å². The van der Waals surface area contributed by atoms with Crippen LogP contribution in [0.3, 0.4) is 0 Å².